The zero-order valence-electron chi connectivity index (χ0n) is 13.6. The molecule has 0 aromatic heterocycles. The van der Waals surface area contributed by atoms with Crippen molar-refractivity contribution < 1.29 is 4.79 Å². The normalized spacial score (nSPS) is 35.7. The van der Waals surface area contributed by atoms with Crippen LogP contribution in [0.2, 0.25) is 0 Å². The van der Waals surface area contributed by atoms with Crippen molar-refractivity contribution >= 4 is 17.2 Å². The highest BCUT2D eigenvalue weighted by Gasteiger charge is 2.52. The molecule has 4 rings (SSSR count). The second-order valence-corrected chi connectivity index (χ2v) is 7.56. The quantitative estimate of drug-likeness (QED) is 0.732. The predicted molar refractivity (Wildman–Crippen MR) is 89.7 cm³/mol. The van der Waals surface area contributed by atoms with Crippen molar-refractivity contribution in [1.82, 2.24) is 0 Å². The summed E-state index contributed by atoms with van der Waals surface area (Å²) in [7, 11) is 0. The second kappa shape index (κ2) is 5.33. The van der Waals surface area contributed by atoms with E-state index >= 15 is 0 Å². The largest absolute Gasteiger partial charge is 0.292 e. The van der Waals surface area contributed by atoms with E-state index in [0.717, 1.165) is 23.7 Å². The maximum absolute atomic E-state index is 12.9. The third kappa shape index (κ3) is 2.15. The minimum atomic E-state index is 0.286. The first-order valence-corrected chi connectivity index (χ1v) is 8.85. The molecule has 22 heavy (non-hydrogen) atoms. The summed E-state index contributed by atoms with van der Waals surface area (Å²) in [5.74, 6) is 2.50. The van der Waals surface area contributed by atoms with E-state index < -0.39 is 0 Å². The molecule has 2 nitrogen and oxygen atoms in total. The van der Waals surface area contributed by atoms with Crippen LogP contribution in [0.15, 0.2) is 23.2 Å². The summed E-state index contributed by atoms with van der Waals surface area (Å²) < 4.78 is 0. The van der Waals surface area contributed by atoms with Gasteiger partial charge in [-0.25, -0.2) is 4.99 Å². The molecule has 3 aliphatic rings. The number of hydrogen-bond acceptors (Lipinski definition) is 2. The highest BCUT2D eigenvalue weighted by molar-refractivity contribution is 6.44. The molecule has 0 spiro atoms. The van der Waals surface area contributed by atoms with Crippen LogP contribution >= 0.6 is 0 Å². The molecular weight excluding hydrogens is 270 g/mol. The lowest BCUT2D eigenvalue weighted by molar-refractivity contribution is -0.118. The fourth-order valence-corrected chi connectivity index (χ4v) is 5.25. The van der Waals surface area contributed by atoms with Crippen LogP contribution in [0, 0.1) is 37.5 Å². The van der Waals surface area contributed by atoms with Crippen molar-refractivity contribution in [1.29, 1.82) is 0 Å². The van der Waals surface area contributed by atoms with Gasteiger partial charge >= 0.3 is 0 Å². The van der Waals surface area contributed by atoms with Gasteiger partial charge in [-0.2, -0.15) is 0 Å². The highest BCUT2D eigenvalue weighted by atomic mass is 16.1. The number of benzene rings is 1. The van der Waals surface area contributed by atoms with Crippen LogP contribution in [0.1, 0.15) is 49.7 Å². The molecule has 0 saturated heterocycles. The Balaban J connectivity index is 1.74. The summed E-state index contributed by atoms with van der Waals surface area (Å²) in [4.78, 5) is 17.8. The number of carbonyl (C=O) groups excluding carboxylic acids is 1. The minimum Gasteiger partial charge on any atom is -0.292 e. The molecule has 3 saturated carbocycles. The molecule has 3 fully saturated rings. The lowest BCUT2D eigenvalue weighted by Gasteiger charge is -2.39. The molecule has 1 aromatic carbocycles. The first-order valence-electron chi connectivity index (χ1n) is 8.85. The van der Waals surface area contributed by atoms with Crippen LogP contribution < -0.4 is 0 Å². The second-order valence-electron chi connectivity index (χ2n) is 7.56. The molecule has 4 unspecified atom stereocenters. The zero-order chi connectivity index (χ0) is 15.3. The van der Waals surface area contributed by atoms with E-state index in [1.54, 1.807) is 0 Å². The molecule has 3 aliphatic carbocycles. The summed E-state index contributed by atoms with van der Waals surface area (Å²) >= 11 is 0. The number of ketones is 1. The minimum absolute atomic E-state index is 0.286. The van der Waals surface area contributed by atoms with Gasteiger partial charge in [0.2, 0.25) is 0 Å². The maximum atomic E-state index is 12.9. The third-order valence-electron chi connectivity index (χ3n) is 6.19. The first-order chi connectivity index (χ1) is 10.6. The molecule has 4 atom stereocenters. The van der Waals surface area contributed by atoms with Crippen molar-refractivity contribution in [3.05, 3.63) is 29.3 Å². The lowest BCUT2D eigenvalue weighted by atomic mass is 9.65. The average molecular weight is 295 g/mol. The first kappa shape index (κ1) is 14.2. The Labute approximate surface area is 133 Å². The van der Waals surface area contributed by atoms with Gasteiger partial charge in [0.1, 0.15) is 0 Å². The Morgan fingerprint density at radius 1 is 1.00 bits per heavy atom. The zero-order valence-corrected chi connectivity index (χ0v) is 13.6. The molecule has 116 valence electrons. The summed E-state index contributed by atoms with van der Waals surface area (Å²) in [6.45, 7) is 4.20. The summed E-state index contributed by atoms with van der Waals surface area (Å²) in [6.07, 6.45) is 7.46. The molecule has 0 amide bonds. The maximum Gasteiger partial charge on any atom is 0.180 e. The van der Waals surface area contributed by atoms with Crippen LogP contribution in [0.3, 0.4) is 0 Å². The van der Waals surface area contributed by atoms with E-state index in [2.05, 4.69) is 32.0 Å². The van der Waals surface area contributed by atoms with Gasteiger partial charge in [0.05, 0.1) is 11.4 Å². The molecule has 2 heteroatoms. The number of hydrogen-bond donors (Lipinski definition) is 0. The smallest absolute Gasteiger partial charge is 0.180 e. The van der Waals surface area contributed by atoms with Crippen molar-refractivity contribution in [3.63, 3.8) is 0 Å². The van der Waals surface area contributed by atoms with Crippen LogP contribution in [0.5, 0.6) is 0 Å². The fraction of sp³-hybridized carbons (Fsp3) is 0.600. The summed E-state index contributed by atoms with van der Waals surface area (Å²) in [6, 6.07) is 6.34. The Morgan fingerprint density at radius 3 is 2.45 bits per heavy atom. The molecule has 0 N–H and O–H groups in total. The average Bonchev–Trinajstić information content (AvgIpc) is 2.78. The van der Waals surface area contributed by atoms with Crippen molar-refractivity contribution in [2.75, 3.05) is 0 Å². The van der Waals surface area contributed by atoms with E-state index in [1.807, 2.05) is 0 Å². The number of carbonyl (C=O) groups is 1. The SMILES string of the molecule is Cc1ccc(N=C2C(=O)C3CCCC4CCCC2C43)c(C)c1. The van der Waals surface area contributed by atoms with Gasteiger partial charge in [0.25, 0.3) is 0 Å². The van der Waals surface area contributed by atoms with Gasteiger partial charge in [0, 0.05) is 11.8 Å². The van der Waals surface area contributed by atoms with Crippen molar-refractivity contribution in [3.8, 4) is 0 Å². The topological polar surface area (TPSA) is 29.4 Å². The Kier molecular flexibility index (Phi) is 3.43. The van der Waals surface area contributed by atoms with Crippen LogP contribution in [0.4, 0.5) is 5.69 Å². The van der Waals surface area contributed by atoms with Gasteiger partial charge in [-0.05, 0) is 50.2 Å². The van der Waals surface area contributed by atoms with E-state index in [0.29, 0.717) is 17.6 Å². The van der Waals surface area contributed by atoms with Crippen molar-refractivity contribution in [2.45, 2.75) is 52.4 Å². The summed E-state index contributed by atoms with van der Waals surface area (Å²) in [5.41, 5.74) is 4.34. The molecule has 0 bridgehead atoms. The van der Waals surface area contributed by atoms with Gasteiger partial charge in [-0.1, -0.05) is 43.4 Å². The number of aliphatic imine (C=N–C) groups is 1. The Morgan fingerprint density at radius 2 is 1.73 bits per heavy atom. The molecule has 0 radical (unpaired) electrons. The molecule has 0 heterocycles. The van der Waals surface area contributed by atoms with E-state index in [1.165, 1.54) is 43.2 Å². The highest BCUT2D eigenvalue weighted by Crippen LogP contribution is 2.52. The van der Waals surface area contributed by atoms with Crippen LogP contribution in [-0.4, -0.2) is 11.5 Å². The van der Waals surface area contributed by atoms with Crippen molar-refractivity contribution in [2.24, 2.45) is 28.7 Å². The van der Waals surface area contributed by atoms with E-state index in [4.69, 9.17) is 4.99 Å². The van der Waals surface area contributed by atoms with Gasteiger partial charge < -0.3 is 0 Å². The van der Waals surface area contributed by atoms with E-state index in [-0.39, 0.29) is 5.92 Å². The van der Waals surface area contributed by atoms with Gasteiger partial charge in [-0.15, -0.1) is 0 Å². The van der Waals surface area contributed by atoms with Crippen LogP contribution in [-0.2, 0) is 4.79 Å². The molecular formula is C20H25NO. The molecule has 1 aromatic rings. The standard InChI is InChI=1S/C20H25NO/c1-12-9-10-17(13(2)11-12)21-19-15-7-3-5-14-6-4-8-16(18(14)15)20(19)22/h9-11,14-16,18H,3-8H2,1-2H3. The Hall–Kier alpha value is -1.44. The lowest BCUT2D eigenvalue weighted by Crippen LogP contribution is -2.33. The van der Waals surface area contributed by atoms with E-state index in [9.17, 15) is 4.79 Å². The Bertz CT molecular complexity index is 643. The fourth-order valence-electron chi connectivity index (χ4n) is 5.25. The number of aryl methyl sites for hydroxylation is 2. The number of rotatable bonds is 1. The third-order valence-corrected chi connectivity index (χ3v) is 6.19. The van der Waals surface area contributed by atoms with Crippen LogP contribution in [0.25, 0.3) is 0 Å². The van der Waals surface area contributed by atoms with Gasteiger partial charge in [-0.3, -0.25) is 4.79 Å². The summed E-state index contributed by atoms with van der Waals surface area (Å²) in [5, 5.41) is 0. The number of nitrogens with zero attached hydrogens (tertiary/aromatic N) is 1. The predicted octanol–water partition coefficient (Wildman–Crippen LogP) is 4.79. The number of Topliss-reactive ketones (excluding diaryl/α,β-unsaturated/α-hetero) is 1. The molecule has 0 aliphatic heterocycles. The van der Waals surface area contributed by atoms with Gasteiger partial charge in [0.15, 0.2) is 5.78 Å². The monoisotopic (exact) mass is 295 g/mol.